The number of benzene rings is 1. The summed E-state index contributed by atoms with van der Waals surface area (Å²) in [6.45, 7) is 3.07. The van der Waals surface area contributed by atoms with E-state index >= 15 is 0 Å². The summed E-state index contributed by atoms with van der Waals surface area (Å²) in [6.07, 6.45) is 4.34. The Bertz CT molecular complexity index is 1130. The first-order valence-electron chi connectivity index (χ1n) is 10.9. The maximum atomic E-state index is 13.4. The lowest BCUT2D eigenvalue weighted by molar-refractivity contribution is 0.147. The summed E-state index contributed by atoms with van der Waals surface area (Å²) in [4.78, 5) is 19.2. The molecule has 0 bridgehead atoms. The summed E-state index contributed by atoms with van der Waals surface area (Å²) in [5, 5.41) is 7.92. The number of hydrogen-bond donors (Lipinski definition) is 1. The molecule has 2 aliphatic heterocycles. The van der Waals surface area contributed by atoms with Gasteiger partial charge in [0.05, 0.1) is 12.2 Å². The second-order valence-electron chi connectivity index (χ2n) is 8.18. The molecule has 5 rings (SSSR count). The molecule has 0 saturated carbocycles. The highest BCUT2D eigenvalue weighted by Gasteiger charge is 2.23. The van der Waals surface area contributed by atoms with Crippen molar-refractivity contribution < 1.29 is 8.81 Å². The monoisotopic (exact) mass is 443 g/mol. The van der Waals surface area contributed by atoms with E-state index in [-0.39, 0.29) is 11.4 Å². The molecule has 1 aromatic carbocycles. The van der Waals surface area contributed by atoms with Crippen LogP contribution in [0.5, 0.6) is 0 Å². The van der Waals surface area contributed by atoms with Gasteiger partial charge >= 0.3 is 0 Å². The number of hydrogen-bond acceptors (Lipinski definition) is 7. The molecule has 0 amide bonds. The van der Waals surface area contributed by atoms with Gasteiger partial charge in [-0.15, -0.1) is 0 Å². The fraction of sp³-hybridized carbons (Fsp3) is 0.500. The van der Waals surface area contributed by atoms with Crippen molar-refractivity contribution in [1.82, 2.24) is 19.7 Å². The molecule has 1 fully saturated rings. The quantitative estimate of drug-likeness (QED) is 0.627. The van der Waals surface area contributed by atoms with Crippen molar-refractivity contribution in [1.29, 1.82) is 0 Å². The summed E-state index contributed by atoms with van der Waals surface area (Å²) >= 11 is 1.86. The average Bonchev–Trinajstić information content (AvgIpc) is 3.18. The van der Waals surface area contributed by atoms with Crippen LogP contribution >= 0.6 is 11.8 Å². The minimum Gasteiger partial charge on any atom is -0.424 e. The molecule has 3 aromatic rings. The van der Waals surface area contributed by atoms with Crippen LogP contribution < -0.4 is 10.9 Å². The van der Waals surface area contributed by atoms with E-state index in [2.05, 4.69) is 20.3 Å². The lowest BCUT2D eigenvalue weighted by atomic mass is 10.0. The molecule has 2 aromatic heterocycles. The lowest BCUT2D eigenvalue weighted by Gasteiger charge is -2.35. The second-order valence-corrected chi connectivity index (χ2v) is 9.28. The molecule has 0 spiro atoms. The Labute approximate surface area is 184 Å². The first kappa shape index (κ1) is 20.5. The fourth-order valence-electron chi connectivity index (χ4n) is 4.40. The first-order valence-corrected chi connectivity index (χ1v) is 12.0. The van der Waals surface area contributed by atoms with Crippen LogP contribution in [0.1, 0.15) is 30.5 Å². The van der Waals surface area contributed by atoms with Gasteiger partial charge in [0.15, 0.2) is 5.58 Å². The maximum Gasteiger partial charge on any atom is 0.295 e. The van der Waals surface area contributed by atoms with Crippen molar-refractivity contribution in [2.24, 2.45) is 0 Å². The van der Waals surface area contributed by atoms with Crippen LogP contribution in [0, 0.1) is 5.82 Å². The van der Waals surface area contributed by atoms with E-state index in [1.807, 2.05) is 11.8 Å². The SMILES string of the molecule is O=c1cc2c(nn1CCN1CCCCC1CNc1nc3cc(F)ccc3o1)CCSC2. The van der Waals surface area contributed by atoms with Gasteiger partial charge in [-0.1, -0.05) is 6.42 Å². The summed E-state index contributed by atoms with van der Waals surface area (Å²) in [7, 11) is 0. The van der Waals surface area contributed by atoms with E-state index in [9.17, 15) is 9.18 Å². The number of likely N-dealkylation sites (tertiary alicyclic amines) is 1. The van der Waals surface area contributed by atoms with Crippen molar-refractivity contribution in [3.8, 4) is 0 Å². The molecular weight excluding hydrogens is 417 g/mol. The minimum atomic E-state index is -0.324. The van der Waals surface area contributed by atoms with Gasteiger partial charge < -0.3 is 9.73 Å². The molecule has 164 valence electrons. The van der Waals surface area contributed by atoms with Crippen LogP contribution in [-0.2, 0) is 18.7 Å². The Hall–Kier alpha value is -2.39. The number of aryl methyl sites for hydroxylation is 1. The smallest absolute Gasteiger partial charge is 0.295 e. The van der Waals surface area contributed by atoms with Crippen molar-refractivity contribution in [2.45, 2.75) is 44.0 Å². The van der Waals surface area contributed by atoms with E-state index in [1.54, 1.807) is 16.8 Å². The number of thioether (sulfide) groups is 1. The Morgan fingerprint density at radius 2 is 2.19 bits per heavy atom. The van der Waals surface area contributed by atoms with E-state index < -0.39 is 0 Å². The fourth-order valence-corrected chi connectivity index (χ4v) is 5.35. The van der Waals surface area contributed by atoms with Crippen LogP contribution in [-0.4, -0.2) is 51.1 Å². The number of piperidine rings is 1. The van der Waals surface area contributed by atoms with Gasteiger partial charge in [0.1, 0.15) is 11.3 Å². The standard InChI is InChI=1S/C22H26FN5O2S/c23-16-4-5-20-19(12-16)25-22(30-20)24-13-17-3-1-2-7-27(17)8-9-28-21(29)11-15-14-31-10-6-18(15)26-28/h4-5,11-12,17H,1-3,6-10,13-14H2,(H,24,25). The van der Waals surface area contributed by atoms with Crippen molar-refractivity contribution in [3.05, 3.63) is 51.7 Å². The van der Waals surface area contributed by atoms with Gasteiger partial charge in [0.25, 0.3) is 11.6 Å². The summed E-state index contributed by atoms with van der Waals surface area (Å²) in [6, 6.07) is 6.84. The summed E-state index contributed by atoms with van der Waals surface area (Å²) in [5.74, 6) is 1.64. The third-order valence-corrected chi connectivity index (χ3v) is 7.10. The minimum absolute atomic E-state index is 0.00774. The van der Waals surface area contributed by atoms with Gasteiger partial charge in [0.2, 0.25) is 0 Å². The molecule has 2 aliphatic rings. The number of halogens is 1. The molecule has 9 heteroatoms. The van der Waals surface area contributed by atoms with E-state index in [0.717, 1.165) is 55.1 Å². The molecule has 0 aliphatic carbocycles. The number of fused-ring (bicyclic) bond motifs is 2. The highest BCUT2D eigenvalue weighted by Crippen LogP contribution is 2.23. The molecule has 31 heavy (non-hydrogen) atoms. The number of oxazole rings is 1. The van der Waals surface area contributed by atoms with E-state index in [4.69, 9.17) is 4.42 Å². The van der Waals surface area contributed by atoms with Crippen LogP contribution in [0.15, 0.2) is 33.5 Å². The number of anilines is 1. The second kappa shape index (κ2) is 9.00. The number of aromatic nitrogens is 3. The molecule has 1 atom stereocenters. The largest absolute Gasteiger partial charge is 0.424 e. The summed E-state index contributed by atoms with van der Waals surface area (Å²) in [5.41, 5.74) is 3.24. The van der Waals surface area contributed by atoms with Crippen LogP contribution in [0.4, 0.5) is 10.4 Å². The topological polar surface area (TPSA) is 76.2 Å². The van der Waals surface area contributed by atoms with Gasteiger partial charge in [-0.25, -0.2) is 9.07 Å². The lowest BCUT2D eigenvalue weighted by Crippen LogP contribution is -2.45. The molecule has 1 saturated heterocycles. The number of rotatable bonds is 6. The highest BCUT2D eigenvalue weighted by atomic mass is 32.2. The van der Waals surface area contributed by atoms with Gasteiger partial charge in [-0.2, -0.15) is 21.8 Å². The highest BCUT2D eigenvalue weighted by molar-refractivity contribution is 7.98. The van der Waals surface area contributed by atoms with Crippen molar-refractivity contribution in [2.75, 3.05) is 30.7 Å². The molecule has 7 nitrogen and oxygen atoms in total. The molecule has 4 heterocycles. The molecule has 0 radical (unpaired) electrons. The van der Waals surface area contributed by atoms with Crippen molar-refractivity contribution in [3.63, 3.8) is 0 Å². The van der Waals surface area contributed by atoms with E-state index in [0.29, 0.717) is 36.2 Å². The third-order valence-electron chi connectivity index (χ3n) is 6.09. The molecule has 1 N–H and O–H groups in total. The zero-order valence-corrected chi connectivity index (χ0v) is 18.2. The average molecular weight is 444 g/mol. The predicted molar refractivity (Wildman–Crippen MR) is 120 cm³/mol. The van der Waals surface area contributed by atoms with Crippen LogP contribution in [0.3, 0.4) is 0 Å². The zero-order chi connectivity index (χ0) is 21.2. The Morgan fingerprint density at radius 1 is 1.26 bits per heavy atom. The van der Waals surface area contributed by atoms with E-state index in [1.165, 1.54) is 18.6 Å². The maximum absolute atomic E-state index is 13.4. The number of nitrogens with zero attached hydrogens (tertiary/aromatic N) is 4. The van der Waals surface area contributed by atoms with Crippen LogP contribution in [0.25, 0.3) is 11.1 Å². The first-order chi connectivity index (χ1) is 15.2. The predicted octanol–water partition coefficient (Wildman–Crippen LogP) is 3.28. The van der Waals surface area contributed by atoms with Gasteiger partial charge in [-0.05, 0) is 42.8 Å². The summed E-state index contributed by atoms with van der Waals surface area (Å²) < 4.78 is 20.7. The zero-order valence-electron chi connectivity index (χ0n) is 17.3. The van der Waals surface area contributed by atoms with Gasteiger partial charge in [-0.3, -0.25) is 9.69 Å². The van der Waals surface area contributed by atoms with Crippen molar-refractivity contribution >= 4 is 28.9 Å². The normalized spacial score (nSPS) is 19.5. The van der Waals surface area contributed by atoms with Gasteiger partial charge in [0, 0.05) is 43.4 Å². The Kier molecular flexibility index (Phi) is 5.95. The molecular formula is C22H26FN5O2S. The Morgan fingerprint density at radius 3 is 3.13 bits per heavy atom. The Balaban J connectivity index is 1.23. The number of nitrogens with one attached hydrogen (secondary N) is 1. The third kappa shape index (κ3) is 4.62. The van der Waals surface area contributed by atoms with Crippen LogP contribution in [0.2, 0.25) is 0 Å². The molecule has 1 unspecified atom stereocenters.